The van der Waals surface area contributed by atoms with Gasteiger partial charge < -0.3 is 14.3 Å². The molecule has 0 fully saturated rings. The van der Waals surface area contributed by atoms with E-state index in [0.717, 1.165) is 0 Å². The quantitative estimate of drug-likeness (QED) is 0.836. The van der Waals surface area contributed by atoms with Gasteiger partial charge in [0.1, 0.15) is 24.4 Å². The van der Waals surface area contributed by atoms with E-state index in [9.17, 15) is 9.59 Å². The van der Waals surface area contributed by atoms with Crippen LogP contribution in [0, 0.1) is 0 Å². The second kappa shape index (κ2) is 5.39. The van der Waals surface area contributed by atoms with Crippen molar-refractivity contribution in [2.45, 2.75) is 13.5 Å². The first-order valence-electron chi connectivity index (χ1n) is 5.61. The van der Waals surface area contributed by atoms with E-state index < -0.39 is 5.97 Å². The minimum atomic E-state index is -1.04. The lowest BCUT2D eigenvalue weighted by molar-refractivity contribution is 0.0696. The molecule has 0 saturated carbocycles. The van der Waals surface area contributed by atoms with Crippen molar-refractivity contribution in [2.24, 2.45) is 0 Å². The molecule has 2 rings (SSSR count). The van der Waals surface area contributed by atoms with Gasteiger partial charge in [0.2, 0.25) is 0 Å². The van der Waals surface area contributed by atoms with Crippen molar-refractivity contribution in [3.8, 4) is 5.75 Å². The first kappa shape index (κ1) is 12.9. The van der Waals surface area contributed by atoms with Gasteiger partial charge in [-0.05, 0) is 37.3 Å². The summed E-state index contributed by atoms with van der Waals surface area (Å²) < 4.78 is 10.5. The van der Waals surface area contributed by atoms with E-state index in [4.69, 9.17) is 14.3 Å². The summed E-state index contributed by atoms with van der Waals surface area (Å²) in [7, 11) is 0. The Morgan fingerprint density at radius 3 is 2.42 bits per heavy atom. The number of ketones is 1. The molecule has 98 valence electrons. The summed E-state index contributed by atoms with van der Waals surface area (Å²) in [6.07, 6.45) is 1.17. The predicted molar refractivity (Wildman–Crippen MR) is 66.4 cm³/mol. The third kappa shape index (κ3) is 3.22. The van der Waals surface area contributed by atoms with Gasteiger partial charge in [0.25, 0.3) is 0 Å². The summed E-state index contributed by atoms with van der Waals surface area (Å²) in [4.78, 5) is 21.7. The van der Waals surface area contributed by atoms with E-state index in [-0.39, 0.29) is 18.0 Å². The number of furan rings is 1. The Labute approximate surface area is 109 Å². The Morgan fingerprint density at radius 1 is 1.21 bits per heavy atom. The number of ether oxygens (including phenoxy) is 1. The lowest BCUT2D eigenvalue weighted by Gasteiger charge is -2.04. The summed E-state index contributed by atoms with van der Waals surface area (Å²) in [6.45, 7) is 1.62. The molecule has 5 nitrogen and oxygen atoms in total. The second-order valence-corrected chi connectivity index (χ2v) is 3.98. The van der Waals surface area contributed by atoms with Crippen LogP contribution >= 0.6 is 0 Å². The highest BCUT2D eigenvalue weighted by atomic mass is 16.5. The van der Waals surface area contributed by atoms with Gasteiger partial charge in [-0.1, -0.05) is 0 Å². The van der Waals surface area contributed by atoms with E-state index in [1.54, 1.807) is 24.3 Å². The van der Waals surface area contributed by atoms with E-state index >= 15 is 0 Å². The van der Waals surface area contributed by atoms with E-state index in [1.807, 2.05) is 0 Å². The molecule has 0 amide bonds. The Kier molecular flexibility index (Phi) is 3.66. The van der Waals surface area contributed by atoms with Gasteiger partial charge in [0.05, 0.1) is 5.56 Å². The molecule has 0 radical (unpaired) electrons. The van der Waals surface area contributed by atoms with Crippen molar-refractivity contribution in [3.63, 3.8) is 0 Å². The van der Waals surface area contributed by atoms with Crippen LogP contribution in [0.5, 0.6) is 5.75 Å². The maximum absolute atomic E-state index is 11.1. The average molecular weight is 260 g/mol. The smallest absolute Gasteiger partial charge is 0.338 e. The summed E-state index contributed by atoms with van der Waals surface area (Å²) >= 11 is 0. The van der Waals surface area contributed by atoms with Gasteiger partial charge in [-0.2, -0.15) is 0 Å². The van der Waals surface area contributed by atoms with Crippen LogP contribution in [0.3, 0.4) is 0 Å². The molecule has 0 spiro atoms. The zero-order valence-electron chi connectivity index (χ0n) is 10.3. The SMILES string of the molecule is CC(=O)c1ccc(OCc2cc(C(=O)O)co2)cc1. The fourth-order valence-corrected chi connectivity index (χ4v) is 1.51. The number of hydrogen-bond donors (Lipinski definition) is 1. The molecule has 0 unspecified atom stereocenters. The first-order valence-corrected chi connectivity index (χ1v) is 5.61. The van der Waals surface area contributed by atoms with Crippen LogP contribution in [0.1, 0.15) is 33.4 Å². The monoisotopic (exact) mass is 260 g/mol. The summed E-state index contributed by atoms with van der Waals surface area (Å²) in [5.41, 5.74) is 0.698. The van der Waals surface area contributed by atoms with Crippen LogP contribution in [-0.2, 0) is 6.61 Å². The normalized spacial score (nSPS) is 10.2. The molecule has 1 aromatic heterocycles. The zero-order valence-corrected chi connectivity index (χ0v) is 10.3. The lowest BCUT2D eigenvalue weighted by atomic mass is 10.1. The van der Waals surface area contributed by atoms with Crippen molar-refractivity contribution >= 4 is 11.8 Å². The molecule has 2 aromatic rings. The molecular weight excluding hydrogens is 248 g/mol. The van der Waals surface area contributed by atoms with Crippen molar-refractivity contribution in [2.75, 3.05) is 0 Å². The standard InChI is InChI=1S/C14H12O5/c1-9(15)10-2-4-12(5-3-10)19-8-13-6-11(7-18-13)14(16)17/h2-7H,8H2,1H3,(H,16,17). The van der Waals surface area contributed by atoms with Gasteiger partial charge in [-0.15, -0.1) is 0 Å². The molecule has 0 atom stereocenters. The fraction of sp³-hybridized carbons (Fsp3) is 0.143. The number of rotatable bonds is 5. The van der Waals surface area contributed by atoms with Gasteiger partial charge in [0.15, 0.2) is 5.78 Å². The highest BCUT2D eigenvalue weighted by Crippen LogP contribution is 2.15. The van der Waals surface area contributed by atoms with Crippen LogP contribution in [0.15, 0.2) is 41.0 Å². The molecule has 1 N–H and O–H groups in total. The van der Waals surface area contributed by atoms with Crippen LogP contribution < -0.4 is 4.74 Å². The molecule has 0 aliphatic rings. The number of carbonyl (C=O) groups excluding carboxylic acids is 1. The van der Waals surface area contributed by atoms with E-state index in [0.29, 0.717) is 17.1 Å². The average Bonchev–Trinajstić information content (AvgIpc) is 2.86. The maximum Gasteiger partial charge on any atom is 0.338 e. The van der Waals surface area contributed by atoms with Crippen molar-refractivity contribution in [1.29, 1.82) is 0 Å². The largest absolute Gasteiger partial charge is 0.486 e. The molecule has 0 saturated heterocycles. The Balaban J connectivity index is 1.97. The third-order valence-corrected chi connectivity index (χ3v) is 2.54. The predicted octanol–water partition coefficient (Wildman–Crippen LogP) is 2.76. The molecule has 1 aromatic carbocycles. The number of carboxylic acids is 1. The number of aromatic carboxylic acids is 1. The van der Waals surface area contributed by atoms with E-state index in [1.165, 1.54) is 19.3 Å². The van der Waals surface area contributed by atoms with Crippen LogP contribution in [0.2, 0.25) is 0 Å². The lowest BCUT2D eigenvalue weighted by Crippen LogP contribution is -1.96. The number of carbonyl (C=O) groups is 2. The summed E-state index contributed by atoms with van der Waals surface area (Å²) in [5.74, 6) is -0.0455. The Hall–Kier alpha value is -2.56. The molecule has 0 aliphatic carbocycles. The minimum absolute atomic E-state index is 0.0105. The number of carboxylic acid groups (broad SMARTS) is 1. The molecule has 5 heteroatoms. The van der Waals surface area contributed by atoms with Crippen molar-refractivity contribution in [3.05, 3.63) is 53.5 Å². The van der Waals surface area contributed by atoms with Crippen molar-refractivity contribution in [1.82, 2.24) is 0 Å². The highest BCUT2D eigenvalue weighted by Gasteiger charge is 2.08. The van der Waals surface area contributed by atoms with Gasteiger partial charge in [0, 0.05) is 5.56 Å². The third-order valence-electron chi connectivity index (χ3n) is 2.54. The van der Waals surface area contributed by atoms with Crippen molar-refractivity contribution < 1.29 is 23.8 Å². The molecule has 0 aliphatic heterocycles. The fourth-order valence-electron chi connectivity index (χ4n) is 1.51. The number of Topliss-reactive ketones (excluding diaryl/α,β-unsaturated/α-hetero) is 1. The Morgan fingerprint density at radius 2 is 1.89 bits per heavy atom. The Bertz CT molecular complexity index is 595. The highest BCUT2D eigenvalue weighted by molar-refractivity contribution is 5.94. The van der Waals surface area contributed by atoms with Gasteiger partial charge in [-0.3, -0.25) is 4.79 Å². The van der Waals surface area contributed by atoms with Gasteiger partial charge >= 0.3 is 5.97 Å². The van der Waals surface area contributed by atoms with Gasteiger partial charge in [-0.25, -0.2) is 4.79 Å². The molecular formula is C14H12O5. The van der Waals surface area contributed by atoms with E-state index in [2.05, 4.69) is 0 Å². The molecule has 1 heterocycles. The summed E-state index contributed by atoms with van der Waals surface area (Å²) in [5, 5.41) is 8.73. The first-order chi connectivity index (χ1) is 9.06. The second-order valence-electron chi connectivity index (χ2n) is 3.98. The minimum Gasteiger partial charge on any atom is -0.486 e. The number of hydrogen-bond acceptors (Lipinski definition) is 4. The summed E-state index contributed by atoms with van der Waals surface area (Å²) in [6, 6.07) is 8.10. The number of benzene rings is 1. The van der Waals surface area contributed by atoms with Crippen LogP contribution in [-0.4, -0.2) is 16.9 Å². The topological polar surface area (TPSA) is 76.7 Å². The van der Waals surface area contributed by atoms with Crippen LogP contribution in [0.4, 0.5) is 0 Å². The maximum atomic E-state index is 11.1. The van der Waals surface area contributed by atoms with Crippen LogP contribution in [0.25, 0.3) is 0 Å². The molecule has 0 bridgehead atoms. The zero-order chi connectivity index (χ0) is 13.8. The molecule has 19 heavy (non-hydrogen) atoms.